The van der Waals surface area contributed by atoms with Crippen LogP contribution in [0.5, 0.6) is 0 Å². The minimum absolute atomic E-state index is 0.0518. The molecule has 0 saturated carbocycles. The van der Waals surface area contributed by atoms with Gasteiger partial charge in [-0.1, -0.05) is 60.3 Å². The van der Waals surface area contributed by atoms with Crippen molar-refractivity contribution in [3.05, 3.63) is 66.2 Å². The molecule has 1 heterocycles. The van der Waals surface area contributed by atoms with Crippen molar-refractivity contribution < 1.29 is 4.79 Å². The zero-order chi connectivity index (χ0) is 19.1. The summed E-state index contributed by atoms with van der Waals surface area (Å²) in [6.07, 6.45) is 2.51. The van der Waals surface area contributed by atoms with Crippen LogP contribution in [0.2, 0.25) is 0 Å². The van der Waals surface area contributed by atoms with Crippen molar-refractivity contribution in [2.24, 2.45) is 15.3 Å². The third-order valence-electron chi connectivity index (χ3n) is 4.18. The summed E-state index contributed by atoms with van der Waals surface area (Å²) in [6, 6.07) is 19.7. The maximum atomic E-state index is 12.8. The molecular formula is C20H21N5OS. The van der Waals surface area contributed by atoms with Gasteiger partial charge in [-0.05, 0) is 17.7 Å². The van der Waals surface area contributed by atoms with Crippen molar-refractivity contribution in [3.63, 3.8) is 0 Å². The second-order valence-electron chi connectivity index (χ2n) is 5.91. The van der Waals surface area contributed by atoms with Gasteiger partial charge in [0.25, 0.3) is 5.91 Å². The molecule has 0 aliphatic carbocycles. The summed E-state index contributed by atoms with van der Waals surface area (Å²) in [4.78, 5) is 14.7. The number of carbonyl (C=O) groups is 1. The summed E-state index contributed by atoms with van der Waals surface area (Å²) in [5, 5.41) is 14.2. The number of hydrogen-bond donors (Lipinski definition) is 0. The Hall–Kier alpha value is -2.93. The Kier molecular flexibility index (Phi) is 6.38. The summed E-state index contributed by atoms with van der Waals surface area (Å²) in [7, 11) is 1.89. The fraction of sp³-hybridized carbons (Fsp3) is 0.200. The Balaban J connectivity index is 1.67. The van der Waals surface area contributed by atoms with Gasteiger partial charge >= 0.3 is 0 Å². The number of hydrogen-bond acceptors (Lipinski definition) is 5. The summed E-state index contributed by atoms with van der Waals surface area (Å²) in [6.45, 7) is 3.44. The first kappa shape index (κ1) is 18.8. The fourth-order valence-electron chi connectivity index (χ4n) is 2.81. The van der Waals surface area contributed by atoms with Crippen molar-refractivity contribution in [2.75, 3.05) is 17.7 Å². The van der Waals surface area contributed by atoms with Crippen LogP contribution < -0.4 is 4.90 Å². The SMILES string of the molecule is C=NN=C(SCC(=O)N1N=CCC1c1ccccc1)N(C)c1ccccc1. The van der Waals surface area contributed by atoms with Gasteiger partial charge in [-0.25, -0.2) is 5.01 Å². The molecule has 1 atom stereocenters. The van der Waals surface area contributed by atoms with Crippen LogP contribution in [0.15, 0.2) is 76.0 Å². The van der Waals surface area contributed by atoms with Gasteiger partial charge in [0.1, 0.15) is 0 Å². The van der Waals surface area contributed by atoms with Crippen molar-refractivity contribution >= 4 is 41.5 Å². The highest BCUT2D eigenvalue weighted by molar-refractivity contribution is 8.14. The van der Waals surface area contributed by atoms with Crippen LogP contribution in [-0.2, 0) is 4.79 Å². The van der Waals surface area contributed by atoms with Gasteiger partial charge in [0, 0.05) is 32.1 Å². The number of rotatable bonds is 5. The number of amidine groups is 1. The van der Waals surface area contributed by atoms with Gasteiger partial charge in [-0.3, -0.25) is 4.79 Å². The number of thioether (sulfide) groups is 1. The molecule has 0 saturated heterocycles. The largest absolute Gasteiger partial charge is 0.323 e. The number of nitrogens with zero attached hydrogens (tertiary/aromatic N) is 5. The minimum Gasteiger partial charge on any atom is -0.323 e. The molecule has 1 aliphatic rings. The van der Waals surface area contributed by atoms with Crippen LogP contribution >= 0.6 is 11.8 Å². The molecule has 3 rings (SSSR count). The van der Waals surface area contributed by atoms with Crippen molar-refractivity contribution in [3.8, 4) is 0 Å². The van der Waals surface area contributed by atoms with Crippen LogP contribution in [0.1, 0.15) is 18.0 Å². The highest BCUT2D eigenvalue weighted by Crippen LogP contribution is 2.29. The van der Waals surface area contributed by atoms with Gasteiger partial charge in [-0.2, -0.15) is 10.2 Å². The van der Waals surface area contributed by atoms with E-state index in [-0.39, 0.29) is 17.7 Å². The lowest BCUT2D eigenvalue weighted by Gasteiger charge is -2.23. The van der Waals surface area contributed by atoms with Crippen molar-refractivity contribution in [1.29, 1.82) is 0 Å². The molecule has 1 unspecified atom stereocenters. The lowest BCUT2D eigenvalue weighted by molar-refractivity contribution is -0.130. The third-order valence-corrected chi connectivity index (χ3v) is 5.19. The molecule has 2 aromatic carbocycles. The molecule has 138 valence electrons. The second-order valence-corrected chi connectivity index (χ2v) is 6.85. The molecule has 0 aromatic heterocycles. The molecule has 0 N–H and O–H groups in total. The number of benzene rings is 2. The topological polar surface area (TPSA) is 60.6 Å². The fourth-order valence-corrected chi connectivity index (χ4v) is 3.61. The van der Waals surface area contributed by atoms with Gasteiger partial charge in [-0.15, -0.1) is 5.10 Å². The van der Waals surface area contributed by atoms with E-state index >= 15 is 0 Å². The van der Waals surface area contributed by atoms with Crippen molar-refractivity contribution in [1.82, 2.24) is 5.01 Å². The molecule has 7 heteroatoms. The zero-order valence-electron chi connectivity index (χ0n) is 15.1. The maximum Gasteiger partial charge on any atom is 0.253 e. The summed E-state index contributed by atoms with van der Waals surface area (Å²) >= 11 is 1.32. The first-order valence-corrected chi connectivity index (χ1v) is 9.54. The lowest BCUT2D eigenvalue weighted by atomic mass is 10.0. The Morgan fingerprint density at radius 2 is 1.89 bits per heavy atom. The molecule has 2 aromatic rings. The van der Waals surface area contributed by atoms with E-state index in [4.69, 9.17) is 0 Å². The van der Waals surface area contributed by atoms with E-state index in [1.165, 1.54) is 11.8 Å². The molecule has 0 fully saturated rings. The zero-order valence-corrected chi connectivity index (χ0v) is 15.9. The van der Waals surface area contributed by atoms with Crippen LogP contribution in [0.3, 0.4) is 0 Å². The Morgan fingerprint density at radius 1 is 1.22 bits per heavy atom. The highest BCUT2D eigenvalue weighted by atomic mass is 32.2. The number of carbonyl (C=O) groups excluding carboxylic acids is 1. The number of amides is 1. The quantitative estimate of drug-likeness (QED) is 0.451. The second kappa shape index (κ2) is 9.14. The standard InChI is InChI=1S/C20H21N5OS/c1-21-23-20(24(2)17-11-7-4-8-12-17)27-15-19(26)25-18(13-14-22-25)16-9-5-3-6-10-16/h3-12,14,18H,1,13,15H2,2H3. The molecule has 1 aliphatic heterocycles. The van der Waals surface area contributed by atoms with Crippen LogP contribution in [0.4, 0.5) is 5.69 Å². The normalized spacial score (nSPS) is 16.4. The smallest absolute Gasteiger partial charge is 0.253 e. The van der Waals surface area contributed by atoms with Crippen molar-refractivity contribution in [2.45, 2.75) is 12.5 Å². The number of para-hydroxylation sites is 1. The first-order valence-electron chi connectivity index (χ1n) is 8.55. The van der Waals surface area contributed by atoms with Gasteiger partial charge in [0.05, 0.1) is 11.8 Å². The number of anilines is 1. The summed E-state index contributed by atoms with van der Waals surface area (Å²) < 4.78 is 0. The molecule has 0 radical (unpaired) electrons. The Morgan fingerprint density at radius 3 is 2.56 bits per heavy atom. The predicted molar refractivity (Wildman–Crippen MR) is 113 cm³/mol. The van der Waals surface area contributed by atoms with E-state index in [2.05, 4.69) is 22.0 Å². The lowest BCUT2D eigenvalue weighted by Crippen LogP contribution is -2.31. The number of hydrazone groups is 1. The van der Waals surface area contributed by atoms with Gasteiger partial charge in [0.15, 0.2) is 5.17 Å². The van der Waals surface area contributed by atoms with Gasteiger partial charge < -0.3 is 4.90 Å². The van der Waals surface area contributed by atoms with E-state index in [9.17, 15) is 4.79 Å². The van der Waals surface area contributed by atoms with Crippen LogP contribution in [-0.4, -0.2) is 41.8 Å². The Labute approximate surface area is 163 Å². The summed E-state index contributed by atoms with van der Waals surface area (Å²) in [5.74, 6) is 0.146. The van der Waals surface area contributed by atoms with Crippen LogP contribution in [0.25, 0.3) is 0 Å². The van der Waals surface area contributed by atoms with Crippen LogP contribution in [0, 0.1) is 0 Å². The van der Waals surface area contributed by atoms with E-state index < -0.39 is 0 Å². The molecule has 27 heavy (non-hydrogen) atoms. The van der Waals surface area contributed by atoms with E-state index in [0.717, 1.165) is 17.7 Å². The van der Waals surface area contributed by atoms with E-state index in [0.29, 0.717) is 5.17 Å². The van der Waals surface area contributed by atoms with E-state index in [1.54, 1.807) is 11.2 Å². The van der Waals surface area contributed by atoms with Gasteiger partial charge in [0.2, 0.25) is 0 Å². The molecule has 0 spiro atoms. The molecular weight excluding hydrogens is 358 g/mol. The molecule has 1 amide bonds. The summed E-state index contributed by atoms with van der Waals surface area (Å²) in [5.41, 5.74) is 2.04. The average Bonchev–Trinajstić information content (AvgIpc) is 3.22. The molecule has 0 bridgehead atoms. The molecule has 6 nitrogen and oxygen atoms in total. The first-order chi connectivity index (χ1) is 13.2. The monoisotopic (exact) mass is 379 g/mol. The highest BCUT2D eigenvalue weighted by Gasteiger charge is 2.28. The predicted octanol–water partition coefficient (Wildman–Crippen LogP) is 3.79. The van der Waals surface area contributed by atoms with E-state index in [1.807, 2.05) is 72.6 Å². The third kappa shape index (κ3) is 4.62. The Bertz CT molecular complexity index is 838. The average molecular weight is 379 g/mol. The minimum atomic E-state index is -0.0687. The maximum absolute atomic E-state index is 12.8.